The maximum Gasteiger partial charge on any atom is 0.191 e. The Morgan fingerprint density at radius 2 is 1.96 bits per heavy atom. The van der Waals surface area contributed by atoms with Crippen molar-refractivity contribution in [1.29, 1.82) is 0 Å². The molecule has 0 radical (unpaired) electrons. The van der Waals surface area contributed by atoms with Crippen molar-refractivity contribution in [1.82, 2.24) is 9.97 Å². The lowest BCUT2D eigenvalue weighted by Crippen LogP contribution is -2.01. The molecule has 24 heavy (non-hydrogen) atoms. The lowest BCUT2D eigenvalue weighted by molar-refractivity contribution is 0.700. The molecule has 0 saturated carbocycles. The van der Waals surface area contributed by atoms with Crippen molar-refractivity contribution in [2.75, 3.05) is 11.5 Å². The largest absolute Gasteiger partial charge is 0.383 e. The van der Waals surface area contributed by atoms with Gasteiger partial charge in [-0.05, 0) is 36.8 Å². The number of thiophene rings is 1. The van der Waals surface area contributed by atoms with Gasteiger partial charge in [0.2, 0.25) is 0 Å². The lowest BCUT2D eigenvalue weighted by atomic mass is 9.97. The summed E-state index contributed by atoms with van der Waals surface area (Å²) in [6.07, 6.45) is 9.08. The van der Waals surface area contributed by atoms with E-state index in [1.54, 1.807) is 23.1 Å². The number of hydrogen-bond donors (Lipinski definition) is 1. The second-order valence-electron chi connectivity index (χ2n) is 5.91. The molecule has 0 amide bonds. The first-order valence-electron chi connectivity index (χ1n) is 8.23. The molecule has 0 spiro atoms. The topological polar surface area (TPSA) is 51.8 Å². The molecule has 1 aromatic carbocycles. The highest BCUT2D eigenvalue weighted by Gasteiger charge is 2.19. The number of nitrogens with two attached hydrogens (primary N) is 1. The maximum absolute atomic E-state index is 6.25. The van der Waals surface area contributed by atoms with Gasteiger partial charge in [-0.1, -0.05) is 54.2 Å². The molecule has 0 bridgehead atoms. The highest BCUT2D eigenvalue weighted by molar-refractivity contribution is 7.99. The molecule has 2 N–H and O–H groups in total. The van der Waals surface area contributed by atoms with Crippen molar-refractivity contribution < 1.29 is 0 Å². The molecule has 2 aromatic heterocycles. The van der Waals surface area contributed by atoms with Crippen molar-refractivity contribution in [2.24, 2.45) is 0 Å². The van der Waals surface area contributed by atoms with Gasteiger partial charge in [-0.25, -0.2) is 9.97 Å². The summed E-state index contributed by atoms with van der Waals surface area (Å²) in [4.78, 5) is 11.8. The van der Waals surface area contributed by atoms with Gasteiger partial charge >= 0.3 is 0 Å². The van der Waals surface area contributed by atoms with E-state index in [0.29, 0.717) is 5.82 Å². The fourth-order valence-electron chi connectivity index (χ4n) is 3.10. The van der Waals surface area contributed by atoms with Crippen LogP contribution in [0.25, 0.3) is 16.3 Å². The molecule has 5 heteroatoms. The first kappa shape index (κ1) is 15.7. The third-order valence-electron chi connectivity index (χ3n) is 4.24. The van der Waals surface area contributed by atoms with Crippen molar-refractivity contribution in [3.8, 4) is 0 Å². The summed E-state index contributed by atoms with van der Waals surface area (Å²) in [5.41, 5.74) is 8.86. The van der Waals surface area contributed by atoms with Crippen LogP contribution >= 0.6 is 23.1 Å². The van der Waals surface area contributed by atoms with Crippen LogP contribution in [0.4, 0.5) is 5.82 Å². The maximum atomic E-state index is 6.25. The fraction of sp³-hybridized carbons (Fsp3) is 0.263. The Balaban J connectivity index is 1.52. The summed E-state index contributed by atoms with van der Waals surface area (Å²) in [7, 11) is 0. The molecule has 0 saturated heterocycles. The molecule has 0 unspecified atom stereocenters. The number of hydrogen-bond acceptors (Lipinski definition) is 5. The Hall–Kier alpha value is -1.85. The van der Waals surface area contributed by atoms with Crippen LogP contribution in [0.5, 0.6) is 0 Å². The Bertz CT molecular complexity index is 885. The zero-order chi connectivity index (χ0) is 16.4. The Kier molecular flexibility index (Phi) is 4.54. The van der Waals surface area contributed by atoms with Crippen LogP contribution in [-0.2, 0) is 12.8 Å². The van der Waals surface area contributed by atoms with Crippen LogP contribution in [0.15, 0.2) is 41.6 Å². The quantitative estimate of drug-likeness (QED) is 0.532. The SMILES string of the molecule is Nc1nc(SC/C=C/c2ccccc2)nc2sc3c(c12)CCCC3. The minimum atomic E-state index is 0.647. The summed E-state index contributed by atoms with van der Waals surface area (Å²) in [5.74, 6) is 1.49. The molecule has 0 atom stereocenters. The third-order valence-corrected chi connectivity index (χ3v) is 6.23. The zero-order valence-corrected chi connectivity index (χ0v) is 15.0. The van der Waals surface area contributed by atoms with E-state index in [9.17, 15) is 0 Å². The van der Waals surface area contributed by atoms with Gasteiger partial charge in [0.25, 0.3) is 0 Å². The van der Waals surface area contributed by atoms with E-state index >= 15 is 0 Å². The van der Waals surface area contributed by atoms with Gasteiger partial charge in [0.05, 0.1) is 5.39 Å². The number of aryl methyl sites for hydroxylation is 2. The van der Waals surface area contributed by atoms with E-state index in [1.807, 2.05) is 18.2 Å². The van der Waals surface area contributed by atoms with Gasteiger partial charge in [-0.3, -0.25) is 0 Å². The highest BCUT2D eigenvalue weighted by Crippen LogP contribution is 2.38. The standard InChI is InChI=1S/C19H19N3S2/c20-17-16-14-10-4-5-11-15(14)24-18(16)22-19(21-17)23-12-6-9-13-7-2-1-3-8-13/h1-3,6-9H,4-5,10-12H2,(H2,20,21,22)/b9-6+. The van der Waals surface area contributed by atoms with Gasteiger partial charge in [-0.2, -0.15) is 0 Å². The number of aromatic nitrogens is 2. The smallest absolute Gasteiger partial charge is 0.191 e. The van der Waals surface area contributed by atoms with Gasteiger partial charge in [0.1, 0.15) is 10.6 Å². The van der Waals surface area contributed by atoms with Crippen LogP contribution in [0.1, 0.15) is 28.8 Å². The Labute approximate surface area is 150 Å². The third kappa shape index (κ3) is 3.19. The lowest BCUT2D eigenvalue weighted by Gasteiger charge is -2.10. The number of nitrogens with zero attached hydrogens (tertiary/aromatic N) is 2. The van der Waals surface area contributed by atoms with Crippen LogP contribution in [-0.4, -0.2) is 15.7 Å². The summed E-state index contributed by atoms with van der Waals surface area (Å²) in [6.45, 7) is 0. The molecule has 2 heterocycles. The van der Waals surface area contributed by atoms with Crippen LogP contribution < -0.4 is 5.73 Å². The fourth-order valence-corrected chi connectivity index (χ4v) is 5.09. The highest BCUT2D eigenvalue weighted by atomic mass is 32.2. The monoisotopic (exact) mass is 353 g/mol. The molecule has 4 rings (SSSR count). The van der Waals surface area contributed by atoms with E-state index in [0.717, 1.165) is 34.0 Å². The first-order valence-corrected chi connectivity index (χ1v) is 10.0. The molecule has 0 aliphatic heterocycles. The average molecular weight is 354 g/mol. The Morgan fingerprint density at radius 3 is 2.83 bits per heavy atom. The zero-order valence-electron chi connectivity index (χ0n) is 13.4. The molecular weight excluding hydrogens is 334 g/mol. The van der Waals surface area contributed by atoms with Crippen LogP contribution in [0, 0.1) is 0 Å². The summed E-state index contributed by atoms with van der Waals surface area (Å²) >= 11 is 3.43. The van der Waals surface area contributed by atoms with Crippen molar-refractivity contribution in [3.05, 3.63) is 52.4 Å². The van der Waals surface area contributed by atoms with Crippen molar-refractivity contribution in [3.63, 3.8) is 0 Å². The molecular formula is C19H19N3S2. The predicted octanol–water partition coefficient (Wildman–Crippen LogP) is 4.96. The molecule has 3 nitrogen and oxygen atoms in total. The number of thioether (sulfide) groups is 1. The normalized spacial score (nSPS) is 14.3. The van der Waals surface area contributed by atoms with E-state index in [4.69, 9.17) is 10.7 Å². The average Bonchev–Trinajstić information content (AvgIpc) is 2.98. The number of anilines is 1. The molecule has 1 aliphatic rings. The van der Waals surface area contributed by atoms with Gasteiger partial charge in [0, 0.05) is 10.6 Å². The Morgan fingerprint density at radius 1 is 1.12 bits per heavy atom. The summed E-state index contributed by atoms with van der Waals surface area (Å²) in [6, 6.07) is 10.3. The number of fused-ring (bicyclic) bond motifs is 3. The number of benzene rings is 1. The predicted molar refractivity (Wildman–Crippen MR) is 105 cm³/mol. The van der Waals surface area contributed by atoms with Crippen molar-refractivity contribution >= 4 is 45.2 Å². The minimum absolute atomic E-state index is 0.647. The summed E-state index contributed by atoms with van der Waals surface area (Å²) in [5, 5.41) is 1.88. The molecule has 3 aromatic rings. The molecule has 1 aliphatic carbocycles. The molecule has 0 fully saturated rings. The van der Waals surface area contributed by atoms with E-state index < -0.39 is 0 Å². The number of rotatable bonds is 4. The van der Waals surface area contributed by atoms with Crippen LogP contribution in [0.3, 0.4) is 0 Å². The minimum Gasteiger partial charge on any atom is -0.383 e. The van der Waals surface area contributed by atoms with E-state index in [1.165, 1.54) is 28.8 Å². The second-order valence-corrected chi connectivity index (χ2v) is 7.98. The van der Waals surface area contributed by atoms with Gasteiger partial charge in [-0.15, -0.1) is 11.3 Å². The van der Waals surface area contributed by atoms with Gasteiger partial charge in [0.15, 0.2) is 5.16 Å². The van der Waals surface area contributed by atoms with Crippen LogP contribution in [0.2, 0.25) is 0 Å². The van der Waals surface area contributed by atoms with E-state index in [-0.39, 0.29) is 0 Å². The van der Waals surface area contributed by atoms with E-state index in [2.05, 4.69) is 29.3 Å². The first-order chi connectivity index (χ1) is 11.8. The number of nitrogen functional groups attached to an aromatic ring is 1. The molecule has 122 valence electrons. The summed E-state index contributed by atoms with van der Waals surface area (Å²) < 4.78 is 0. The van der Waals surface area contributed by atoms with Crippen molar-refractivity contribution in [2.45, 2.75) is 30.8 Å². The van der Waals surface area contributed by atoms with Gasteiger partial charge < -0.3 is 5.73 Å². The second kappa shape index (κ2) is 6.95.